The van der Waals surface area contributed by atoms with E-state index >= 15 is 0 Å². The van der Waals surface area contributed by atoms with Crippen molar-refractivity contribution < 1.29 is 38.7 Å². The number of thiocarbonyl (C=S) groups is 1. The minimum absolute atomic E-state index is 0.0113. The van der Waals surface area contributed by atoms with E-state index < -0.39 is 52.9 Å². The van der Waals surface area contributed by atoms with Gasteiger partial charge in [0.1, 0.15) is 17.8 Å². The Hall–Kier alpha value is -1.55. The van der Waals surface area contributed by atoms with Gasteiger partial charge in [-0.2, -0.15) is 0 Å². The van der Waals surface area contributed by atoms with E-state index in [1.165, 1.54) is 0 Å². The van der Waals surface area contributed by atoms with Gasteiger partial charge in [0.25, 0.3) is 0 Å². The van der Waals surface area contributed by atoms with E-state index in [0.717, 1.165) is 24.7 Å². The number of rotatable bonds is 6. The number of aldehydes is 1. The summed E-state index contributed by atoms with van der Waals surface area (Å²) in [6.45, 7) is 8.16. The van der Waals surface area contributed by atoms with Crippen molar-refractivity contribution in [2.75, 3.05) is 6.61 Å². The molecule has 5 fully saturated rings. The first kappa shape index (κ1) is 24.8. The number of aliphatic hydroxyl groups is 1. The summed E-state index contributed by atoms with van der Waals surface area (Å²) in [6.07, 6.45) is 2.44. The SMILES string of the molecule is CC(C)C1=CC2CC3(C=O)C4CCC(C)C4CC2(CO[C@@H]2O[C@H](C)[C@H]4OC(=S)O[C@H]4[C@@H]2O)C13C(=O)O. The van der Waals surface area contributed by atoms with Crippen LogP contribution in [-0.2, 0) is 28.5 Å². The maximum atomic E-state index is 13.5. The van der Waals surface area contributed by atoms with E-state index in [4.69, 9.17) is 31.2 Å². The third kappa shape index (κ3) is 2.73. The number of allylic oxidation sites excluding steroid dienone is 1. The van der Waals surface area contributed by atoms with E-state index in [1.54, 1.807) is 0 Å². The fourth-order valence-corrected chi connectivity index (χ4v) is 9.76. The Bertz CT molecular complexity index is 1030. The molecule has 3 saturated carbocycles. The predicted molar refractivity (Wildman–Crippen MR) is 131 cm³/mol. The predicted octanol–water partition coefficient (Wildman–Crippen LogP) is 3.10. The van der Waals surface area contributed by atoms with Crippen LogP contribution in [0.1, 0.15) is 53.4 Å². The number of fused-ring (bicyclic) bond motifs is 3. The van der Waals surface area contributed by atoms with E-state index in [1.807, 2.05) is 20.8 Å². The average molecular weight is 521 g/mol. The summed E-state index contributed by atoms with van der Waals surface area (Å²) < 4.78 is 23.4. The van der Waals surface area contributed by atoms with Gasteiger partial charge in [0.05, 0.1) is 18.1 Å². The smallest absolute Gasteiger partial charge is 0.353 e. The molecular weight excluding hydrogens is 484 g/mol. The molecule has 12 atom stereocenters. The zero-order valence-electron chi connectivity index (χ0n) is 21.2. The van der Waals surface area contributed by atoms with Crippen molar-refractivity contribution in [1.82, 2.24) is 0 Å². The Balaban J connectivity index is 1.40. The van der Waals surface area contributed by atoms with Gasteiger partial charge in [-0.1, -0.05) is 38.8 Å². The first-order chi connectivity index (χ1) is 17.0. The average Bonchev–Trinajstić information content (AvgIpc) is 3.53. The van der Waals surface area contributed by atoms with Gasteiger partial charge in [-0.15, -0.1) is 0 Å². The van der Waals surface area contributed by atoms with Crippen molar-refractivity contribution in [3.63, 3.8) is 0 Å². The second kappa shape index (κ2) is 7.98. The lowest BCUT2D eigenvalue weighted by Gasteiger charge is -2.58. The number of hydrogen-bond acceptors (Lipinski definition) is 8. The summed E-state index contributed by atoms with van der Waals surface area (Å²) in [5.74, 6) is -0.277. The van der Waals surface area contributed by atoms with E-state index in [2.05, 4.69) is 13.0 Å². The molecular formula is C27H36O8S. The quantitative estimate of drug-likeness (QED) is 0.310. The Morgan fingerprint density at radius 2 is 1.97 bits per heavy atom. The molecule has 0 spiro atoms. The van der Waals surface area contributed by atoms with E-state index in [0.29, 0.717) is 18.8 Å². The first-order valence-corrected chi connectivity index (χ1v) is 13.7. The van der Waals surface area contributed by atoms with Crippen molar-refractivity contribution in [2.45, 2.75) is 84.1 Å². The van der Waals surface area contributed by atoms with Crippen LogP contribution in [0.5, 0.6) is 0 Å². The molecule has 4 aliphatic carbocycles. The normalized spacial score (nSPS) is 52.4. The Morgan fingerprint density at radius 1 is 1.25 bits per heavy atom. The molecule has 2 N–H and O–H groups in total. The van der Waals surface area contributed by atoms with Gasteiger partial charge in [0, 0.05) is 17.6 Å². The molecule has 36 heavy (non-hydrogen) atoms. The number of carbonyl (C=O) groups is 2. The molecule has 6 rings (SSSR count). The molecule has 9 heteroatoms. The molecule has 4 bridgehead atoms. The molecule has 7 unspecified atom stereocenters. The van der Waals surface area contributed by atoms with Crippen molar-refractivity contribution in [1.29, 1.82) is 0 Å². The van der Waals surface area contributed by atoms with Gasteiger partial charge in [0.15, 0.2) is 18.5 Å². The molecule has 2 heterocycles. The van der Waals surface area contributed by atoms with Crippen molar-refractivity contribution in [3.8, 4) is 0 Å². The lowest BCUT2D eigenvalue weighted by atomic mass is 9.43. The topological polar surface area (TPSA) is 112 Å². The largest absolute Gasteiger partial charge is 0.481 e. The zero-order valence-corrected chi connectivity index (χ0v) is 22.0. The molecule has 0 aromatic heterocycles. The van der Waals surface area contributed by atoms with E-state index in [-0.39, 0.29) is 35.5 Å². The molecule has 6 aliphatic rings. The lowest BCUT2D eigenvalue weighted by Crippen LogP contribution is -2.64. The molecule has 0 radical (unpaired) electrons. The minimum Gasteiger partial charge on any atom is -0.481 e. The van der Waals surface area contributed by atoms with Crippen LogP contribution in [0.3, 0.4) is 0 Å². The van der Waals surface area contributed by atoms with Crippen molar-refractivity contribution in [2.24, 2.45) is 45.8 Å². The van der Waals surface area contributed by atoms with Crippen LogP contribution >= 0.6 is 12.2 Å². The van der Waals surface area contributed by atoms with Crippen LogP contribution in [-0.4, -0.2) is 65.0 Å². The van der Waals surface area contributed by atoms with Crippen LogP contribution in [0, 0.1) is 45.8 Å². The van der Waals surface area contributed by atoms with Crippen molar-refractivity contribution >= 4 is 29.7 Å². The molecule has 8 nitrogen and oxygen atoms in total. The summed E-state index contributed by atoms with van der Waals surface area (Å²) >= 11 is 5.03. The van der Waals surface area contributed by atoms with Crippen LogP contribution in [0.15, 0.2) is 11.6 Å². The number of ether oxygens (including phenoxy) is 4. The number of aliphatic hydroxyl groups excluding tert-OH is 1. The molecule has 2 aliphatic heterocycles. The van der Waals surface area contributed by atoms with Gasteiger partial charge in [-0.25, -0.2) is 0 Å². The summed E-state index contributed by atoms with van der Waals surface area (Å²) in [6, 6.07) is 0. The van der Waals surface area contributed by atoms with Crippen LogP contribution < -0.4 is 0 Å². The van der Waals surface area contributed by atoms with Gasteiger partial charge in [-0.05, 0) is 55.8 Å². The molecule has 198 valence electrons. The molecule has 2 saturated heterocycles. The highest BCUT2D eigenvalue weighted by atomic mass is 32.1. The van der Waals surface area contributed by atoms with Gasteiger partial charge in [0.2, 0.25) is 0 Å². The van der Waals surface area contributed by atoms with E-state index in [9.17, 15) is 19.8 Å². The Morgan fingerprint density at radius 3 is 2.64 bits per heavy atom. The highest BCUT2D eigenvalue weighted by Gasteiger charge is 2.84. The Labute approximate surface area is 216 Å². The number of carboxylic acids is 1. The highest BCUT2D eigenvalue weighted by molar-refractivity contribution is 7.79. The van der Waals surface area contributed by atoms with Crippen LogP contribution in [0.2, 0.25) is 0 Å². The summed E-state index contributed by atoms with van der Waals surface area (Å²) in [4.78, 5) is 26.6. The minimum atomic E-state index is -1.33. The number of aliphatic carboxylic acids is 1. The third-order valence-corrected chi connectivity index (χ3v) is 11.0. The maximum Gasteiger partial charge on any atom is 0.353 e. The van der Waals surface area contributed by atoms with Crippen LogP contribution in [0.25, 0.3) is 0 Å². The van der Waals surface area contributed by atoms with Gasteiger partial charge < -0.3 is 34.0 Å². The number of carbonyl (C=O) groups excluding carboxylic acids is 1. The van der Waals surface area contributed by atoms with Gasteiger partial charge >= 0.3 is 11.2 Å². The number of carboxylic acid groups (broad SMARTS) is 1. The molecule has 0 amide bonds. The maximum absolute atomic E-state index is 13.5. The number of hydrogen-bond donors (Lipinski definition) is 2. The highest BCUT2D eigenvalue weighted by Crippen LogP contribution is 2.82. The second-order valence-electron chi connectivity index (χ2n) is 12.4. The summed E-state index contributed by atoms with van der Waals surface area (Å²) in [7, 11) is 0. The standard InChI is InChI=1S/C27H36O8S/c1-12(2)18-7-15-8-25(10-28)17-6-5-13(3)16(17)9-26(15,27(18,25)23(30)31)11-32-22-19(29)21-20(14(4)33-22)34-24(36)35-21/h7,10,12-17,19-22,29H,5-6,8-9,11H2,1-4H3,(H,30,31)/t13?,14-,15?,16?,17?,19+,20-,21+,22-,25?,26?,27?/m1/s1. The lowest BCUT2D eigenvalue weighted by molar-refractivity contribution is -0.287. The fraction of sp³-hybridized carbons (Fsp3) is 0.815. The van der Waals surface area contributed by atoms with Gasteiger partial charge in [-0.3, -0.25) is 4.79 Å². The summed E-state index contributed by atoms with van der Waals surface area (Å²) in [5.41, 5.74) is -2.21. The first-order valence-electron chi connectivity index (χ1n) is 13.3. The van der Waals surface area contributed by atoms with Crippen molar-refractivity contribution in [3.05, 3.63) is 11.6 Å². The van der Waals surface area contributed by atoms with Crippen LogP contribution in [0.4, 0.5) is 0 Å². The zero-order chi connectivity index (χ0) is 25.8. The fourth-order valence-electron chi connectivity index (χ4n) is 9.54. The molecule has 0 aromatic carbocycles. The monoisotopic (exact) mass is 520 g/mol. The third-order valence-electron chi connectivity index (χ3n) is 10.8. The molecule has 0 aromatic rings. The second-order valence-corrected chi connectivity index (χ2v) is 12.7. The summed E-state index contributed by atoms with van der Waals surface area (Å²) in [5, 5.41) is 22.1. The Kier molecular flexibility index (Phi) is 5.49.